The Morgan fingerprint density at radius 2 is 2.17 bits per heavy atom. The molecule has 0 saturated carbocycles. The number of nitrogens with one attached hydrogen (secondary N) is 1. The molecule has 2 aromatic rings. The van der Waals surface area contributed by atoms with E-state index in [-0.39, 0.29) is 5.56 Å². The number of hydrogen-bond donors (Lipinski definition) is 2. The quantitative estimate of drug-likeness (QED) is 0.888. The fourth-order valence-electron chi connectivity index (χ4n) is 1.55. The van der Waals surface area contributed by atoms with Gasteiger partial charge in [0, 0.05) is 26.5 Å². The van der Waals surface area contributed by atoms with Gasteiger partial charge in [-0.2, -0.15) is 0 Å². The van der Waals surface area contributed by atoms with E-state index in [1.54, 1.807) is 29.5 Å². The van der Waals surface area contributed by atoms with Crippen LogP contribution in [0.2, 0.25) is 0 Å². The maximum Gasteiger partial charge on any atom is 0.335 e. The van der Waals surface area contributed by atoms with Gasteiger partial charge in [0.25, 0.3) is 0 Å². The van der Waals surface area contributed by atoms with Crippen LogP contribution in [0.1, 0.15) is 20.1 Å². The molecule has 3 nitrogen and oxygen atoms in total. The third kappa shape index (κ3) is 3.11. The topological polar surface area (TPSA) is 49.3 Å². The lowest BCUT2D eigenvalue weighted by molar-refractivity contribution is 0.0697. The van der Waals surface area contributed by atoms with Gasteiger partial charge in [0.15, 0.2) is 0 Å². The molecule has 18 heavy (non-hydrogen) atoms. The highest BCUT2D eigenvalue weighted by Gasteiger charge is 2.06. The second-order valence-corrected chi connectivity index (χ2v) is 6.09. The minimum absolute atomic E-state index is 0.277. The third-order valence-electron chi connectivity index (χ3n) is 2.47. The maximum atomic E-state index is 10.8. The van der Waals surface area contributed by atoms with Crippen LogP contribution in [0.4, 0.5) is 5.69 Å². The largest absolute Gasteiger partial charge is 0.478 e. The molecular weight excluding hydrogens is 314 g/mol. The SMILES string of the molecule is Cc1ccc(CNc2ccc(C(=O)O)cc2Br)s1. The molecule has 0 spiro atoms. The molecule has 0 radical (unpaired) electrons. The molecule has 2 rings (SSSR count). The molecule has 0 bridgehead atoms. The standard InChI is InChI=1S/C13H12BrNO2S/c1-8-2-4-10(18-8)7-15-12-5-3-9(13(16)17)6-11(12)14/h2-6,15H,7H2,1H3,(H,16,17). The molecule has 0 aliphatic heterocycles. The van der Waals surface area contributed by atoms with Crippen LogP contribution < -0.4 is 5.32 Å². The van der Waals surface area contributed by atoms with Gasteiger partial charge < -0.3 is 10.4 Å². The van der Waals surface area contributed by atoms with E-state index in [0.29, 0.717) is 0 Å². The average molecular weight is 326 g/mol. The Hall–Kier alpha value is -1.33. The lowest BCUT2D eigenvalue weighted by Crippen LogP contribution is -2.01. The highest BCUT2D eigenvalue weighted by atomic mass is 79.9. The van der Waals surface area contributed by atoms with Crippen LogP contribution in [0.5, 0.6) is 0 Å². The molecule has 0 amide bonds. The molecule has 94 valence electrons. The van der Waals surface area contributed by atoms with Crippen molar-refractivity contribution in [2.24, 2.45) is 0 Å². The predicted octanol–water partition coefficient (Wildman–Crippen LogP) is 4.13. The second kappa shape index (κ2) is 5.54. The molecule has 0 saturated heterocycles. The number of halogens is 1. The lowest BCUT2D eigenvalue weighted by Gasteiger charge is -2.08. The van der Waals surface area contributed by atoms with E-state index in [1.165, 1.54) is 9.75 Å². The van der Waals surface area contributed by atoms with Crippen LogP contribution in [0.15, 0.2) is 34.8 Å². The van der Waals surface area contributed by atoms with E-state index >= 15 is 0 Å². The number of hydrogen-bond acceptors (Lipinski definition) is 3. The smallest absolute Gasteiger partial charge is 0.335 e. The van der Waals surface area contributed by atoms with Crippen molar-refractivity contribution in [3.63, 3.8) is 0 Å². The summed E-state index contributed by atoms with van der Waals surface area (Å²) in [5.41, 5.74) is 1.17. The molecule has 0 unspecified atom stereocenters. The monoisotopic (exact) mass is 325 g/mol. The molecule has 1 aromatic heterocycles. The Bertz CT molecular complexity index is 580. The van der Waals surface area contributed by atoms with Gasteiger partial charge in [-0.05, 0) is 53.2 Å². The van der Waals surface area contributed by atoms with E-state index in [4.69, 9.17) is 5.11 Å². The minimum atomic E-state index is -0.920. The summed E-state index contributed by atoms with van der Waals surface area (Å²) in [7, 11) is 0. The third-order valence-corrected chi connectivity index (χ3v) is 4.12. The van der Waals surface area contributed by atoms with Gasteiger partial charge in [0.05, 0.1) is 5.56 Å². The number of carboxylic acid groups (broad SMARTS) is 1. The number of aryl methyl sites for hydroxylation is 1. The van der Waals surface area contributed by atoms with Gasteiger partial charge in [-0.25, -0.2) is 4.79 Å². The first-order chi connectivity index (χ1) is 8.56. The summed E-state index contributed by atoms with van der Waals surface area (Å²) < 4.78 is 0.760. The molecule has 0 aliphatic carbocycles. The number of carboxylic acids is 1. The van der Waals surface area contributed by atoms with Crippen LogP contribution in [-0.4, -0.2) is 11.1 Å². The summed E-state index contributed by atoms with van der Waals surface area (Å²) in [5.74, 6) is -0.920. The molecule has 5 heteroatoms. The molecule has 2 N–H and O–H groups in total. The van der Waals surface area contributed by atoms with Crippen LogP contribution in [0.25, 0.3) is 0 Å². The summed E-state index contributed by atoms with van der Waals surface area (Å²) in [6.07, 6.45) is 0. The number of benzene rings is 1. The van der Waals surface area contributed by atoms with E-state index in [0.717, 1.165) is 16.7 Å². The second-order valence-electron chi connectivity index (χ2n) is 3.87. The van der Waals surface area contributed by atoms with Gasteiger partial charge in [0.1, 0.15) is 0 Å². The number of thiophene rings is 1. The van der Waals surface area contributed by atoms with Crippen LogP contribution in [-0.2, 0) is 6.54 Å². The van der Waals surface area contributed by atoms with Crippen molar-refractivity contribution in [1.82, 2.24) is 0 Å². The number of aromatic carboxylic acids is 1. The van der Waals surface area contributed by atoms with Gasteiger partial charge in [-0.15, -0.1) is 11.3 Å². The molecule has 0 aliphatic rings. The summed E-state index contributed by atoms with van der Waals surface area (Å²) in [6.45, 7) is 2.81. The van der Waals surface area contributed by atoms with Gasteiger partial charge in [-0.3, -0.25) is 0 Å². The van der Waals surface area contributed by atoms with Crippen LogP contribution in [0, 0.1) is 6.92 Å². The van der Waals surface area contributed by atoms with Crippen molar-refractivity contribution in [1.29, 1.82) is 0 Å². The van der Waals surface area contributed by atoms with Gasteiger partial charge >= 0.3 is 5.97 Å². The average Bonchev–Trinajstić information content (AvgIpc) is 2.73. The summed E-state index contributed by atoms with van der Waals surface area (Å²) in [4.78, 5) is 13.3. The highest BCUT2D eigenvalue weighted by molar-refractivity contribution is 9.10. The summed E-state index contributed by atoms with van der Waals surface area (Å²) >= 11 is 5.12. The number of rotatable bonds is 4. The van der Waals surface area contributed by atoms with Crippen molar-refractivity contribution < 1.29 is 9.90 Å². The Labute approximate surface area is 118 Å². The van der Waals surface area contributed by atoms with Crippen molar-refractivity contribution in [2.45, 2.75) is 13.5 Å². The zero-order valence-corrected chi connectivity index (χ0v) is 12.1. The fourth-order valence-corrected chi connectivity index (χ4v) is 2.90. The van der Waals surface area contributed by atoms with Crippen LogP contribution >= 0.6 is 27.3 Å². The van der Waals surface area contributed by atoms with E-state index in [1.807, 2.05) is 0 Å². The Morgan fingerprint density at radius 3 is 2.72 bits per heavy atom. The zero-order valence-electron chi connectivity index (χ0n) is 9.74. The molecular formula is C13H12BrNO2S. The first-order valence-electron chi connectivity index (χ1n) is 5.38. The molecule has 1 heterocycles. The van der Waals surface area contributed by atoms with Crippen molar-refractivity contribution >= 4 is 38.9 Å². The minimum Gasteiger partial charge on any atom is -0.478 e. The van der Waals surface area contributed by atoms with Crippen molar-refractivity contribution in [3.05, 3.63) is 50.1 Å². The maximum absolute atomic E-state index is 10.8. The van der Waals surface area contributed by atoms with Crippen molar-refractivity contribution in [2.75, 3.05) is 5.32 Å². The summed E-state index contributed by atoms with van der Waals surface area (Å²) in [5, 5.41) is 12.2. The zero-order chi connectivity index (χ0) is 13.1. The molecule has 0 atom stereocenters. The highest BCUT2D eigenvalue weighted by Crippen LogP contribution is 2.25. The van der Waals surface area contributed by atoms with E-state index in [2.05, 4.69) is 40.3 Å². The number of anilines is 1. The van der Waals surface area contributed by atoms with Crippen molar-refractivity contribution in [3.8, 4) is 0 Å². The van der Waals surface area contributed by atoms with Gasteiger partial charge in [-0.1, -0.05) is 0 Å². The number of carbonyl (C=O) groups is 1. The summed E-state index contributed by atoms with van der Waals surface area (Å²) in [6, 6.07) is 9.14. The van der Waals surface area contributed by atoms with Gasteiger partial charge in [0.2, 0.25) is 0 Å². The predicted molar refractivity (Wildman–Crippen MR) is 77.5 cm³/mol. The Balaban J connectivity index is 2.08. The Morgan fingerprint density at radius 1 is 1.39 bits per heavy atom. The first-order valence-corrected chi connectivity index (χ1v) is 6.99. The normalized spacial score (nSPS) is 10.3. The lowest BCUT2D eigenvalue weighted by atomic mass is 10.2. The first kappa shape index (κ1) is 13.1. The molecule has 0 fully saturated rings. The fraction of sp³-hybridized carbons (Fsp3) is 0.154. The van der Waals surface area contributed by atoms with E-state index in [9.17, 15) is 4.79 Å². The Kier molecular flexibility index (Phi) is 4.04. The molecule has 1 aromatic carbocycles. The van der Waals surface area contributed by atoms with E-state index < -0.39 is 5.97 Å². The van der Waals surface area contributed by atoms with Crippen LogP contribution in [0.3, 0.4) is 0 Å².